The Balaban J connectivity index is 3.62. The van der Waals surface area contributed by atoms with E-state index >= 15 is 0 Å². The molecule has 0 bridgehead atoms. The van der Waals surface area contributed by atoms with Crippen molar-refractivity contribution in [3.05, 3.63) is 12.3 Å². The third kappa shape index (κ3) is 2.68. The second-order valence-electron chi connectivity index (χ2n) is 1.34. The van der Waals surface area contributed by atoms with E-state index in [1.54, 1.807) is 0 Å². The molecule has 6 nitrogen and oxygen atoms in total. The summed E-state index contributed by atoms with van der Waals surface area (Å²) in [6, 6.07) is 0. The highest BCUT2D eigenvalue weighted by molar-refractivity contribution is 5.91. The number of nitrogens with one attached hydrogen (secondary N) is 3. The Morgan fingerprint density at radius 1 is 1.60 bits per heavy atom. The summed E-state index contributed by atoms with van der Waals surface area (Å²) in [7, 11) is 0. The second kappa shape index (κ2) is 4.33. The highest BCUT2D eigenvalue weighted by Crippen LogP contribution is 1.76. The lowest BCUT2D eigenvalue weighted by molar-refractivity contribution is -0.118. The summed E-state index contributed by atoms with van der Waals surface area (Å²) >= 11 is 0. The summed E-state index contributed by atoms with van der Waals surface area (Å²) in [6.45, 7) is 3.24. The van der Waals surface area contributed by atoms with Crippen LogP contribution in [0.25, 0.3) is 0 Å². The van der Waals surface area contributed by atoms with E-state index in [1.165, 1.54) is 0 Å². The molecule has 0 radical (unpaired) electrons. The van der Waals surface area contributed by atoms with E-state index in [1.807, 2.05) is 10.9 Å². The van der Waals surface area contributed by atoms with Gasteiger partial charge < -0.3 is 0 Å². The Morgan fingerprint density at radius 3 is 2.60 bits per heavy atom. The maximum atomic E-state index is 10.5. The average molecular weight is 144 g/mol. The number of hydrogen-bond acceptors (Lipinski definition) is 4. The molecule has 0 heterocycles. The summed E-state index contributed by atoms with van der Waals surface area (Å²) in [6.07, 6.45) is 0.370. The molecule has 56 valence electrons. The van der Waals surface area contributed by atoms with E-state index in [2.05, 4.69) is 12.0 Å². The molecule has 6 heteroatoms. The zero-order valence-electron chi connectivity index (χ0n) is 5.18. The predicted octanol–water partition coefficient (Wildman–Crippen LogP) is -2.26. The Bertz CT molecular complexity index is 155. The van der Waals surface area contributed by atoms with E-state index in [9.17, 15) is 9.59 Å². The van der Waals surface area contributed by atoms with Crippen LogP contribution in [-0.4, -0.2) is 12.3 Å². The number of carbonyl (C=O) groups excluding carboxylic acids is 2. The van der Waals surface area contributed by atoms with Gasteiger partial charge in [-0.25, -0.2) is 5.84 Å². The summed E-state index contributed by atoms with van der Waals surface area (Å²) in [5.41, 5.74) is 5.98. The van der Waals surface area contributed by atoms with E-state index < -0.39 is 5.91 Å². The van der Waals surface area contributed by atoms with Gasteiger partial charge >= 0.3 is 0 Å². The van der Waals surface area contributed by atoms with E-state index in [0.717, 1.165) is 0 Å². The molecule has 0 saturated heterocycles. The van der Waals surface area contributed by atoms with Gasteiger partial charge in [0, 0.05) is 0 Å². The van der Waals surface area contributed by atoms with Gasteiger partial charge in [0.25, 0.3) is 5.91 Å². The van der Waals surface area contributed by atoms with Gasteiger partial charge in [0.1, 0.15) is 5.70 Å². The normalized spacial score (nSPS) is 7.70. The Kier molecular flexibility index (Phi) is 3.66. The van der Waals surface area contributed by atoms with Crippen molar-refractivity contribution in [3.8, 4) is 0 Å². The fraction of sp³-hybridized carbons (Fsp3) is 0. The molecular formula is C4H8N4O2. The minimum atomic E-state index is -0.589. The Morgan fingerprint density at radius 2 is 2.20 bits per heavy atom. The number of hydrogen-bond donors (Lipinski definition) is 4. The van der Waals surface area contributed by atoms with Gasteiger partial charge in [-0.15, -0.1) is 0 Å². The number of carbonyl (C=O) groups is 2. The van der Waals surface area contributed by atoms with Crippen molar-refractivity contribution in [2.24, 2.45) is 5.84 Å². The van der Waals surface area contributed by atoms with Crippen LogP contribution < -0.4 is 22.1 Å². The first kappa shape index (κ1) is 8.44. The van der Waals surface area contributed by atoms with E-state index in [0.29, 0.717) is 6.41 Å². The number of amides is 2. The van der Waals surface area contributed by atoms with Crippen molar-refractivity contribution in [3.63, 3.8) is 0 Å². The maximum Gasteiger partial charge on any atom is 0.282 e. The van der Waals surface area contributed by atoms with Crippen LogP contribution in [0, 0.1) is 0 Å². The molecule has 0 atom stereocenters. The van der Waals surface area contributed by atoms with Crippen LogP contribution in [0.3, 0.4) is 0 Å². The van der Waals surface area contributed by atoms with Crippen LogP contribution in [-0.2, 0) is 9.59 Å². The first-order chi connectivity index (χ1) is 4.72. The lowest BCUT2D eigenvalue weighted by Crippen LogP contribution is -2.40. The van der Waals surface area contributed by atoms with Crippen molar-refractivity contribution >= 4 is 12.3 Å². The van der Waals surface area contributed by atoms with Gasteiger partial charge in [-0.1, -0.05) is 6.58 Å². The Hall–Kier alpha value is -1.56. The van der Waals surface area contributed by atoms with Crippen molar-refractivity contribution < 1.29 is 9.59 Å². The molecule has 0 aliphatic carbocycles. The molecule has 0 aliphatic rings. The van der Waals surface area contributed by atoms with Crippen LogP contribution in [0.5, 0.6) is 0 Å². The van der Waals surface area contributed by atoms with Gasteiger partial charge in [0.05, 0.1) is 0 Å². The molecule has 0 aliphatic heterocycles. The number of nitrogens with two attached hydrogens (primary N) is 1. The summed E-state index contributed by atoms with van der Waals surface area (Å²) in [4.78, 5) is 20.1. The zero-order chi connectivity index (χ0) is 7.98. The quantitative estimate of drug-likeness (QED) is 0.118. The fourth-order valence-electron chi connectivity index (χ4n) is 0.260. The lowest BCUT2D eigenvalue weighted by Gasteiger charge is -2.03. The van der Waals surface area contributed by atoms with Gasteiger partial charge in [0.15, 0.2) is 0 Å². The first-order valence-electron chi connectivity index (χ1n) is 2.37. The molecule has 0 aromatic rings. The molecule has 0 saturated carbocycles. The molecular weight excluding hydrogens is 136 g/mol. The maximum absolute atomic E-state index is 10.5. The molecule has 5 N–H and O–H groups in total. The molecule has 0 aromatic carbocycles. The molecule has 2 amide bonds. The van der Waals surface area contributed by atoms with Crippen molar-refractivity contribution in [1.29, 1.82) is 0 Å². The van der Waals surface area contributed by atoms with Crippen LogP contribution in [0.2, 0.25) is 0 Å². The van der Waals surface area contributed by atoms with Crippen LogP contribution >= 0.6 is 0 Å². The van der Waals surface area contributed by atoms with Gasteiger partial charge in [-0.2, -0.15) is 0 Å². The topological polar surface area (TPSA) is 96.2 Å². The van der Waals surface area contributed by atoms with Gasteiger partial charge in [0.2, 0.25) is 6.41 Å². The average Bonchev–Trinajstić information content (AvgIpc) is 1.98. The van der Waals surface area contributed by atoms with Gasteiger partial charge in [-0.3, -0.25) is 25.9 Å². The smallest absolute Gasteiger partial charge is 0.282 e. The standard InChI is InChI=1S/C4H8N4O2/c1-3(4(10)7-5)8-6-2-9/h2,8H,1,5H2,(H,6,9)(H,7,10). The van der Waals surface area contributed by atoms with Crippen molar-refractivity contribution in [1.82, 2.24) is 16.3 Å². The molecule has 0 unspecified atom stereocenters. The van der Waals surface area contributed by atoms with E-state index in [-0.39, 0.29) is 5.70 Å². The van der Waals surface area contributed by atoms with E-state index in [4.69, 9.17) is 5.84 Å². The predicted molar refractivity (Wildman–Crippen MR) is 33.8 cm³/mol. The first-order valence-corrected chi connectivity index (χ1v) is 2.37. The number of hydrazine groups is 2. The van der Waals surface area contributed by atoms with Crippen LogP contribution in [0.1, 0.15) is 0 Å². The van der Waals surface area contributed by atoms with Crippen molar-refractivity contribution in [2.45, 2.75) is 0 Å². The third-order valence-corrected chi connectivity index (χ3v) is 0.687. The fourth-order valence-corrected chi connectivity index (χ4v) is 0.260. The minimum Gasteiger partial charge on any atom is -0.294 e. The highest BCUT2D eigenvalue weighted by Gasteiger charge is 2.00. The minimum absolute atomic E-state index is 0.0328. The molecule has 10 heavy (non-hydrogen) atoms. The lowest BCUT2D eigenvalue weighted by atomic mass is 10.5. The molecule has 0 rings (SSSR count). The molecule has 0 aromatic heterocycles. The monoisotopic (exact) mass is 144 g/mol. The Labute approximate surface area is 57.4 Å². The highest BCUT2D eigenvalue weighted by atomic mass is 16.2. The van der Waals surface area contributed by atoms with Gasteiger partial charge in [-0.05, 0) is 0 Å². The molecule has 0 fully saturated rings. The van der Waals surface area contributed by atoms with Crippen LogP contribution in [0.4, 0.5) is 0 Å². The summed E-state index contributed by atoms with van der Waals surface area (Å²) in [5.74, 6) is 4.14. The SMILES string of the molecule is C=C(NNC=O)C(=O)NN. The summed E-state index contributed by atoms with van der Waals surface area (Å²) < 4.78 is 0. The zero-order valence-corrected chi connectivity index (χ0v) is 5.18. The van der Waals surface area contributed by atoms with Crippen molar-refractivity contribution in [2.75, 3.05) is 0 Å². The second-order valence-corrected chi connectivity index (χ2v) is 1.34. The molecule has 0 spiro atoms. The van der Waals surface area contributed by atoms with Crippen LogP contribution in [0.15, 0.2) is 12.3 Å². The third-order valence-electron chi connectivity index (χ3n) is 0.687. The number of rotatable bonds is 4. The largest absolute Gasteiger partial charge is 0.294 e. The summed E-state index contributed by atoms with van der Waals surface area (Å²) in [5, 5.41) is 0.